The van der Waals surface area contributed by atoms with Gasteiger partial charge in [0.05, 0.1) is 11.3 Å². The number of aryl methyl sites for hydroxylation is 1. The lowest BCUT2D eigenvalue weighted by molar-refractivity contribution is 0.713. The summed E-state index contributed by atoms with van der Waals surface area (Å²) in [6.07, 6.45) is 7.58. The molecule has 3 aromatic rings. The number of fused-ring (bicyclic) bond motifs is 1. The number of nitrogens with zero attached hydrogens (tertiary/aromatic N) is 2. The van der Waals surface area contributed by atoms with E-state index in [-0.39, 0.29) is 5.56 Å². The Morgan fingerprint density at radius 2 is 1.96 bits per heavy atom. The smallest absolute Gasteiger partial charge is 0.265 e. The molecule has 144 valence electrons. The molecule has 0 bridgehead atoms. The van der Waals surface area contributed by atoms with Gasteiger partial charge in [0, 0.05) is 24.5 Å². The highest BCUT2D eigenvalue weighted by Gasteiger charge is 2.23. The number of nitrogens with one attached hydrogen (secondary N) is 2. The minimum Gasteiger partial charge on any atom is -0.381 e. The number of anilines is 1. The van der Waals surface area contributed by atoms with Crippen molar-refractivity contribution >= 4 is 11.3 Å². The maximum absolute atomic E-state index is 13.3. The van der Waals surface area contributed by atoms with Gasteiger partial charge in [-0.3, -0.25) is 9.20 Å². The average molecular weight is 374 g/mol. The van der Waals surface area contributed by atoms with Crippen LogP contribution in [0.4, 0.5) is 5.69 Å². The second-order valence-corrected chi connectivity index (χ2v) is 8.06. The summed E-state index contributed by atoms with van der Waals surface area (Å²) in [5, 5.41) is 6.94. The summed E-state index contributed by atoms with van der Waals surface area (Å²) in [4.78, 5) is 18.1. The van der Waals surface area contributed by atoms with Crippen LogP contribution in [0, 0.1) is 5.92 Å². The Kier molecular flexibility index (Phi) is 4.61. The van der Waals surface area contributed by atoms with E-state index >= 15 is 0 Å². The Hall–Kier alpha value is -2.66. The molecule has 0 radical (unpaired) electrons. The summed E-state index contributed by atoms with van der Waals surface area (Å²) >= 11 is 0. The van der Waals surface area contributed by atoms with E-state index < -0.39 is 0 Å². The first kappa shape index (κ1) is 17.4. The van der Waals surface area contributed by atoms with Crippen molar-refractivity contribution < 1.29 is 0 Å². The van der Waals surface area contributed by atoms with Gasteiger partial charge >= 0.3 is 0 Å². The first-order chi connectivity index (χ1) is 13.8. The Morgan fingerprint density at radius 3 is 2.71 bits per heavy atom. The summed E-state index contributed by atoms with van der Waals surface area (Å²) in [7, 11) is 0. The van der Waals surface area contributed by atoms with Gasteiger partial charge in [0.1, 0.15) is 5.65 Å². The number of pyridine rings is 1. The predicted molar refractivity (Wildman–Crippen MR) is 113 cm³/mol. The lowest BCUT2D eigenvalue weighted by Gasteiger charge is -2.14. The fraction of sp³-hybridized carbons (Fsp3) is 0.391. The maximum atomic E-state index is 13.3. The molecule has 1 aromatic carbocycles. The SMILES string of the molecule is O=c1c(-c2ccc(N[C@@H]3CCNC3)cc2)c(CCC2CC2)nc2ccccn12. The molecule has 0 amide bonds. The first-order valence-corrected chi connectivity index (χ1v) is 10.4. The maximum Gasteiger partial charge on any atom is 0.265 e. The van der Waals surface area contributed by atoms with Crippen molar-refractivity contribution in [2.75, 3.05) is 18.4 Å². The summed E-state index contributed by atoms with van der Waals surface area (Å²) in [6, 6.07) is 14.5. The number of hydrogen-bond acceptors (Lipinski definition) is 4. The Morgan fingerprint density at radius 1 is 1.11 bits per heavy atom. The summed E-state index contributed by atoms with van der Waals surface area (Å²) in [5.74, 6) is 0.815. The lowest BCUT2D eigenvalue weighted by Crippen LogP contribution is -2.22. The fourth-order valence-electron chi connectivity index (χ4n) is 4.10. The molecular formula is C23H26N4O. The van der Waals surface area contributed by atoms with E-state index in [2.05, 4.69) is 34.9 Å². The van der Waals surface area contributed by atoms with Crippen LogP contribution in [0.15, 0.2) is 53.5 Å². The van der Waals surface area contributed by atoms with Gasteiger partial charge in [-0.1, -0.05) is 31.0 Å². The molecule has 5 rings (SSSR count). The molecule has 2 fully saturated rings. The van der Waals surface area contributed by atoms with Crippen LogP contribution in [0.1, 0.15) is 31.4 Å². The van der Waals surface area contributed by atoms with E-state index in [4.69, 9.17) is 4.98 Å². The first-order valence-electron chi connectivity index (χ1n) is 10.4. The van der Waals surface area contributed by atoms with Crippen LogP contribution < -0.4 is 16.2 Å². The second-order valence-electron chi connectivity index (χ2n) is 8.06. The van der Waals surface area contributed by atoms with E-state index in [0.717, 1.165) is 66.4 Å². The molecule has 2 aromatic heterocycles. The molecule has 1 aliphatic heterocycles. The van der Waals surface area contributed by atoms with Crippen molar-refractivity contribution in [3.8, 4) is 11.1 Å². The molecular weight excluding hydrogens is 348 g/mol. The van der Waals surface area contributed by atoms with Gasteiger partial charge in [-0.2, -0.15) is 0 Å². The molecule has 5 nitrogen and oxygen atoms in total. The Labute approximate surface area is 164 Å². The number of benzene rings is 1. The quantitative estimate of drug-likeness (QED) is 0.694. The largest absolute Gasteiger partial charge is 0.381 e. The van der Waals surface area contributed by atoms with Gasteiger partial charge in [-0.15, -0.1) is 0 Å². The zero-order valence-electron chi connectivity index (χ0n) is 16.0. The van der Waals surface area contributed by atoms with Crippen LogP contribution in [-0.4, -0.2) is 28.5 Å². The highest BCUT2D eigenvalue weighted by molar-refractivity contribution is 5.69. The third-order valence-corrected chi connectivity index (χ3v) is 5.90. The van der Waals surface area contributed by atoms with Crippen LogP contribution in [0.5, 0.6) is 0 Å². The van der Waals surface area contributed by atoms with Crippen molar-refractivity contribution in [2.45, 2.75) is 38.1 Å². The van der Waals surface area contributed by atoms with Gasteiger partial charge in [0.2, 0.25) is 0 Å². The monoisotopic (exact) mass is 374 g/mol. The van der Waals surface area contributed by atoms with Crippen molar-refractivity contribution in [1.29, 1.82) is 0 Å². The highest BCUT2D eigenvalue weighted by Crippen LogP contribution is 2.34. The topological polar surface area (TPSA) is 58.4 Å². The number of rotatable bonds is 6. The second kappa shape index (κ2) is 7.40. The Bertz CT molecular complexity index is 1030. The minimum absolute atomic E-state index is 0.0251. The highest BCUT2D eigenvalue weighted by atomic mass is 16.1. The standard InChI is InChI=1S/C23H26N4O/c28-23-22(17-7-9-18(10-8-17)25-19-12-13-24-15-19)20(11-6-16-4-5-16)26-21-3-1-2-14-27(21)23/h1-3,7-10,14,16,19,24-25H,4-6,11-13,15H2/t19-/m1/s1. The molecule has 5 heteroatoms. The van der Waals surface area contributed by atoms with E-state index in [0.29, 0.717) is 6.04 Å². The molecule has 28 heavy (non-hydrogen) atoms. The van der Waals surface area contributed by atoms with Crippen molar-refractivity contribution in [2.24, 2.45) is 5.92 Å². The van der Waals surface area contributed by atoms with E-state index in [1.165, 1.54) is 12.8 Å². The molecule has 1 saturated carbocycles. The molecule has 1 atom stereocenters. The molecule has 1 aliphatic carbocycles. The van der Waals surface area contributed by atoms with Crippen LogP contribution in [0.25, 0.3) is 16.8 Å². The predicted octanol–water partition coefficient (Wildman–Crippen LogP) is 3.48. The van der Waals surface area contributed by atoms with Gasteiger partial charge < -0.3 is 10.6 Å². The summed E-state index contributed by atoms with van der Waals surface area (Å²) in [6.45, 7) is 2.07. The average Bonchev–Trinajstić information content (AvgIpc) is 3.42. The minimum atomic E-state index is 0.0251. The third-order valence-electron chi connectivity index (χ3n) is 5.90. The summed E-state index contributed by atoms with van der Waals surface area (Å²) in [5.41, 5.74) is 4.50. The van der Waals surface area contributed by atoms with Gasteiger partial charge in [0.25, 0.3) is 5.56 Å². The zero-order valence-corrected chi connectivity index (χ0v) is 16.0. The van der Waals surface area contributed by atoms with Crippen molar-refractivity contribution in [3.63, 3.8) is 0 Å². The van der Waals surface area contributed by atoms with Gasteiger partial charge in [-0.05, 0) is 61.6 Å². The fourth-order valence-corrected chi connectivity index (χ4v) is 4.10. The molecule has 3 heterocycles. The normalized spacial score (nSPS) is 19.2. The van der Waals surface area contributed by atoms with E-state index in [9.17, 15) is 4.79 Å². The zero-order chi connectivity index (χ0) is 18.9. The van der Waals surface area contributed by atoms with Crippen molar-refractivity contribution in [3.05, 3.63) is 64.7 Å². The molecule has 1 saturated heterocycles. The third kappa shape index (κ3) is 3.54. The van der Waals surface area contributed by atoms with E-state index in [1.807, 2.05) is 24.4 Å². The number of aromatic nitrogens is 2. The van der Waals surface area contributed by atoms with Gasteiger partial charge in [-0.25, -0.2) is 4.98 Å². The van der Waals surface area contributed by atoms with Crippen LogP contribution >= 0.6 is 0 Å². The summed E-state index contributed by atoms with van der Waals surface area (Å²) < 4.78 is 1.66. The molecule has 2 N–H and O–H groups in total. The van der Waals surface area contributed by atoms with Crippen LogP contribution in [0.2, 0.25) is 0 Å². The van der Waals surface area contributed by atoms with Gasteiger partial charge in [0.15, 0.2) is 0 Å². The molecule has 2 aliphatic rings. The molecule has 0 unspecified atom stereocenters. The van der Waals surface area contributed by atoms with Crippen molar-refractivity contribution in [1.82, 2.24) is 14.7 Å². The van der Waals surface area contributed by atoms with Crippen LogP contribution in [0.3, 0.4) is 0 Å². The Balaban J connectivity index is 1.51. The molecule has 0 spiro atoms. The number of hydrogen-bond donors (Lipinski definition) is 2. The van der Waals surface area contributed by atoms with Crippen LogP contribution in [-0.2, 0) is 6.42 Å². The lowest BCUT2D eigenvalue weighted by atomic mass is 10.0. The van der Waals surface area contributed by atoms with E-state index in [1.54, 1.807) is 4.40 Å².